The SMILES string of the molecule is O=C(O)CCn1c(-c2ccn[nH]2)nc2cc(Cl)c(Cl)cc21. The number of rotatable bonds is 4. The van der Waals surface area contributed by atoms with Crippen molar-refractivity contribution in [2.24, 2.45) is 0 Å². The minimum atomic E-state index is -0.882. The quantitative estimate of drug-likeness (QED) is 0.771. The number of aromatic nitrogens is 4. The molecule has 0 aliphatic rings. The van der Waals surface area contributed by atoms with Crippen LogP contribution < -0.4 is 0 Å². The van der Waals surface area contributed by atoms with Crippen LogP contribution in [-0.4, -0.2) is 30.8 Å². The number of aromatic amines is 1. The molecule has 0 radical (unpaired) electrons. The van der Waals surface area contributed by atoms with Crippen LogP contribution in [0.5, 0.6) is 0 Å². The molecular weight excluding hydrogens is 315 g/mol. The van der Waals surface area contributed by atoms with Crippen molar-refractivity contribution < 1.29 is 9.90 Å². The van der Waals surface area contributed by atoms with Gasteiger partial charge in [-0.05, 0) is 18.2 Å². The molecule has 108 valence electrons. The Hall–Kier alpha value is -2.05. The number of hydrogen-bond acceptors (Lipinski definition) is 3. The summed E-state index contributed by atoms with van der Waals surface area (Å²) in [6, 6.07) is 5.12. The zero-order valence-corrected chi connectivity index (χ0v) is 12.2. The zero-order valence-electron chi connectivity index (χ0n) is 10.7. The van der Waals surface area contributed by atoms with E-state index in [1.807, 2.05) is 0 Å². The van der Waals surface area contributed by atoms with Gasteiger partial charge in [0.1, 0.15) is 5.69 Å². The van der Waals surface area contributed by atoms with Gasteiger partial charge >= 0.3 is 5.97 Å². The van der Waals surface area contributed by atoms with Gasteiger partial charge in [0, 0.05) is 12.7 Å². The summed E-state index contributed by atoms with van der Waals surface area (Å²) in [6.45, 7) is 0.276. The fourth-order valence-electron chi connectivity index (χ4n) is 2.14. The third kappa shape index (κ3) is 2.59. The van der Waals surface area contributed by atoms with E-state index in [0.29, 0.717) is 27.1 Å². The van der Waals surface area contributed by atoms with E-state index in [4.69, 9.17) is 28.3 Å². The monoisotopic (exact) mass is 324 g/mol. The summed E-state index contributed by atoms with van der Waals surface area (Å²) in [5.74, 6) is -0.283. The molecule has 2 heterocycles. The van der Waals surface area contributed by atoms with E-state index < -0.39 is 5.97 Å². The first-order valence-electron chi connectivity index (χ1n) is 6.13. The highest BCUT2D eigenvalue weighted by Crippen LogP contribution is 2.31. The molecule has 0 saturated carbocycles. The summed E-state index contributed by atoms with van der Waals surface area (Å²) in [6.07, 6.45) is 1.59. The molecule has 2 N–H and O–H groups in total. The number of nitrogens with zero attached hydrogens (tertiary/aromatic N) is 3. The predicted octanol–water partition coefficient (Wildman–Crippen LogP) is 3.21. The van der Waals surface area contributed by atoms with E-state index in [9.17, 15) is 4.79 Å². The summed E-state index contributed by atoms with van der Waals surface area (Å²) in [5, 5.41) is 16.4. The third-order valence-corrected chi connectivity index (χ3v) is 3.80. The molecule has 8 heteroatoms. The Morgan fingerprint density at radius 2 is 2.10 bits per heavy atom. The molecule has 21 heavy (non-hydrogen) atoms. The number of benzene rings is 1. The lowest BCUT2D eigenvalue weighted by atomic mass is 10.3. The van der Waals surface area contributed by atoms with E-state index in [1.165, 1.54) is 0 Å². The standard InChI is InChI=1S/C13H10Cl2N4O2/c14-7-5-10-11(6-8(7)15)19(4-2-12(20)21)13(17-10)9-1-3-16-18-9/h1,3,5-6H,2,4H2,(H,16,18)(H,20,21). The fourth-order valence-corrected chi connectivity index (χ4v) is 2.46. The Kier molecular flexibility index (Phi) is 3.57. The van der Waals surface area contributed by atoms with Crippen molar-refractivity contribution in [3.05, 3.63) is 34.4 Å². The van der Waals surface area contributed by atoms with Crippen molar-refractivity contribution in [3.63, 3.8) is 0 Å². The maximum atomic E-state index is 10.8. The number of aryl methyl sites for hydroxylation is 1. The Labute approximate surface area is 129 Å². The molecule has 3 aromatic rings. The van der Waals surface area contributed by atoms with Crippen LogP contribution in [0.4, 0.5) is 0 Å². The summed E-state index contributed by atoms with van der Waals surface area (Å²) in [7, 11) is 0. The maximum Gasteiger partial charge on any atom is 0.305 e. The van der Waals surface area contributed by atoms with Crippen molar-refractivity contribution in [3.8, 4) is 11.5 Å². The van der Waals surface area contributed by atoms with E-state index in [-0.39, 0.29) is 13.0 Å². The second-order valence-electron chi connectivity index (χ2n) is 4.46. The molecule has 0 atom stereocenters. The predicted molar refractivity (Wildman–Crippen MR) is 79.6 cm³/mol. The van der Waals surface area contributed by atoms with E-state index in [1.54, 1.807) is 29.0 Å². The lowest BCUT2D eigenvalue weighted by Gasteiger charge is -2.06. The Bertz CT molecular complexity index is 811. The molecule has 0 fully saturated rings. The number of aliphatic carboxylic acids is 1. The van der Waals surface area contributed by atoms with Gasteiger partial charge in [0.2, 0.25) is 0 Å². The van der Waals surface area contributed by atoms with Crippen LogP contribution in [0.25, 0.3) is 22.6 Å². The van der Waals surface area contributed by atoms with E-state index in [2.05, 4.69) is 15.2 Å². The van der Waals surface area contributed by atoms with Crippen molar-refractivity contribution in [1.82, 2.24) is 19.7 Å². The van der Waals surface area contributed by atoms with Crippen molar-refractivity contribution in [2.75, 3.05) is 0 Å². The highest BCUT2D eigenvalue weighted by Gasteiger charge is 2.16. The highest BCUT2D eigenvalue weighted by atomic mass is 35.5. The topological polar surface area (TPSA) is 83.8 Å². The van der Waals surface area contributed by atoms with Gasteiger partial charge in [-0.1, -0.05) is 23.2 Å². The normalized spacial score (nSPS) is 11.1. The first kappa shape index (κ1) is 13.9. The smallest absolute Gasteiger partial charge is 0.305 e. The number of hydrogen-bond donors (Lipinski definition) is 2. The van der Waals surface area contributed by atoms with Crippen LogP contribution in [0.2, 0.25) is 10.0 Å². The van der Waals surface area contributed by atoms with Crippen LogP contribution >= 0.6 is 23.2 Å². The molecule has 0 spiro atoms. The zero-order chi connectivity index (χ0) is 15.0. The minimum Gasteiger partial charge on any atom is -0.481 e. The molecule has 0 aliphatic heterocycles. The van der Waals surface area contributed by atoms with Gasteiger partial charge < -0.3 is 9.67 Å². The summed E-state index contributed by atoms with van der Waals surface area (Å²) in [5.41, 5.74) is 2.08. The number of halogens is 2. The molecule has 3 rings (SSSR count). The molecule has 6 nitrogen and oxygen atoms in total. The lowest BCUT2D eigenvalue weighted by molar-refractivity contribution is -0.137. The average Bonchev–Trinajstić information content (AvgIpc) is 3.04. The van der Waals surface area contributed by atoms with Gasteiger partial charge in [-0.2, -0.15) is 5.10 Å². The number of imidazole rings is 1. The number of carboxylic acid groups (broad SMARTS) is 1. The Balaban J connectivity index is 2.20. The lowest BCUT2D eigenvalue weighted by Crippen LogP contribution is -2.06. The highest BCUT2D eigenvalue weighted by molar-refractivity contribution is 6.42. The van der Waals surface area contributed by atoms with Gasteiger partial charge in [0.25, 0.3) is 0 Å². The van der Waals surface area contributed by atoms with Gasteiger partial charge in [-0.3, -0.25) is 9.89 Å². The van der Waals surface area contributed by atoms with Crippen LogP contribution in [0.15, 0.2) is 24.4 Å². The van der Waals surface area contributed by atoms with Crippen molar-refractivity contribution in [1.29, 1.82) is 0 Å². The molecule has 1 aromatic carbocycles. The van der Waals surface area contributed by atoms with Crippen LogP contribution in [-0.2, 0) is 11.3 Å². The molecule has 0 saturated heterocycles. The van der Waals surface area contributed by atoms with Crippen LogP contribution in [0.1, 0.15) is 6.42 Å². The van der Waals surface area contributed by atoms with Crippen LogP contribution in [0.3, 0.4) is 0 Å². The Morgan fingerprint density at radius 3 is 2.76 bits per heavy atom. The minimum absolute atomic E-state index is 0.0210. The molecule has 0 aliphatic carbocycles. The van der Waals surface area contributed by atoms with Crippen LogP contribution in [0, 0.1) is 0 Å². The second-order valence-corrected chi connectivity index (χ2v) is 5.27. The number of nitrogens with one attached hydrogen (secondary N) is 1. The molecular formula is C13H10Cl2N4O2. The molecule has 2 aromatic heterocycles. The summed E-state index contributed by atoms with van der Waals surface area (Å²) in [4.78, 5) is 15.3. The Morgan fingerprint density at radius 1 is 1.33 bits per heavy atom. The third-order valence-electron chi connectivity index (χ3n) is 3.08. The number of fused-ring (bicyclic) bond motifs is 1. The molecule has 0 amide bonds. The van der Waals surface area contributed by atoms with Gasteiger partial charge in [-0.15, -0.1) is 0 Å². The molecule has 0 bridgehead atoms. The number of carbonyl (C=O) groups is 1. The van der Waals surface area contributed by atoms with E-state index >= 15 is 0 Å². The number of carboxylic acids is 1. The average molecular weight is 325 g/mol. The summed E-state index contributed by atoms with van der Waals surface area (Å²) >= 11 is 12.1. The largest absolute Gasteiger partial charge is 0.481 e. The van der Waals surface area contributed by atoms with E-state index in [0.717, 1.165) is 5.52 Å². The van der Waals surface area contributed by atoms with Gasteiger partial charge in [-0.25, -0.2) is 4.98 Å². The maximum absolute atomic E-state index is 10.8. The first-order chi connectivity index (χ1) is 10.1. The second kappa shape index (κ2) is 5.38. The summed E-state index contributed by atoms with van der Waals surface area (Å²) < 4.78 is 1.79. The number of H-pyrrole nitrogens is 1. The fraction of sp³-hybridized carbons (Fsp3) is 0.154. The van der Waals surface area contributed by atoms with Crippen molar-refractivity contribution >= 4 is 40.2 Å². The first-order valence-corrected chi connectivity index (χ1v) is 6.88. The van der Waals surface area contributed by atoms with Crippen molar-refractivity contribution in [2.45, 2.75) is 13.0 Å². The van der Waals surface area contributed by atoms with Gasteiger partial charge in [0.15, 0.2) is 5.82 Å². The van der Waals surface area contributed by atoms with Gasteiger partial charge in [0.05, 0.1) is 27.5 Å². The molecule has 0 unspecified atom stereocenters.